The maximum absolute atomic E-state index is 13.1. The van der Waals surface area contributed by atoms with Crippen LogP contribution < -0.4 is 5.73 Å². The van der Waals surface area contributed by atoms with Crippen LogP contribution in [0.2, 0.25) is 0 Å². The highest BCUT2D eigenvalue weighted by Gasteiger charge is 2.30. The van der Waals surface area contributed by atoms with Crippen molar-refractivity contribution < 1.29 is 4.79 Å². The monoisotopic (exact) mass is 369 g/mol. The van der Waals surface area contributed by atoms with Gasteiger partial charge in [-0.25, -0.2) is 0 Å². The fourth-order valence-electron chi connectivity index (χ4n) is 3.33. The number of carbonyl (C=O) groups is 1. The zero-order valence-corrected chi connectivity index (χ0v) is 15.7. The number of nitrogens with zero attached hydrogens (tertiary/aromatic N) is 2. The number of piperidine rings is 1. The highest BCUT2D eigenvalue weighted by Crippen LogP contribution is 2.24. The van der Waals surface area contributed by atoms with E-state index in [4.69, 9.17) is 5.73 Å². The topological polar surface area (TPSA) is 59.2 Å². The molecule has 2 aromatic rings. The van der Waals surface area contributed by atoms with Crippen LogP contribution in [-0.2, 0) is 0 Å². The first-order chi connectivity index (χ1) is 10.6. The lowest BCUT2D eigenvalue weighted by Gasteiger charge is -2.38. The van der Waals surface area contributed by atoms with Crippen molar-refractivity contribution in [2.75, 3.05) is 6.54 Å². The number of para-hydroxylation sites is 1. The van der Waals surface area contributed by atoms with Gasteiger partial charge in [0.15, 0.2) is 0 Å². The van der Waals surface area contributed by atoms with Gasteiger partial charge >= 0.3 is 0 Å². The lowest BCUT2D eigenvalue weighted by atomic mass is 9.95. The number of halogens is 2. The van der Waals surface area contributed by atoms with Gasteiger partial charge in [0.2, 0.25) is 0 Å². The highest BCUT2D eigenvalue weighted by molar-refractivity contribution is 6.05. The van der Waals surface area contributed by atoms with Gasteiger partial charge in [0.05, 0.1) is 11.1 Å². The zero-order valence-electron chi connectivity index (χ0n) is 14.1. The molecular weight excluding hydrogens is 345 g/mol. The van der Waals surface area contributed by atoms with Gasteiger partial charge in [-0.1, -0.05) is 18.2 Å². The molecular formula is C18H25Cl2N3O. The van der Waals surface area contributed by atoms with Crippen molar-refractivity contribution in [2.24, 2.45) is 5.73 Å². The number of pyridine rings is 1. The number of amides is 1. The van der Waals surface area contributed by atoms with Gasteiger partial charge in [-0.3, -0.25) is 9.78 Å². The van der Waals surface area contributed by atoms with E-state index < -0.39 is 0 Å². The van der Waals surface area contributed by atoms with Crippen LogP contribution in [0.5, 0.6) is 0 Å². The predicted octanol–water partition coefficient (Wildman–Crippen LogP) is 3.73. The Labute approximate surface area is 155 Å². The van der Waals surface area contributed by atoms with Gasteiger partial charge in [-0.2, -0.15) is 0 Å². The second-order valence-electron chi connectivity index (χ2n) is 6.25. The number of rotatable bonds is 2. The number of carbonyl (C=O) groups excluding carboxylic acids is 1. The van der Waals surface area contributed by atoms with E-state index >= 15 is 0 Å². The van der Waals surface area contributed by atoms with Gasteiger partial charge < -0.3 is 10.6 Å². The summed E-state index contributed by atoms with van der Waals surface area (Å²) < 4.78 is 0. The minimum Gasteiger partial charge on any atom is -0.334 e. The number of nitrogens with two attached hydrogens (primary N) is 1. The van der Waals surface area contributed by atoms with E-state index in [1.165, 1.54) is 0 Å². The molecule has 1 amide bonds. The average Bonchev–Trinajstić information content (AvgIpc) is 2.53. The normalized spacial score (nSPS) is 18.5. The van der Waals surface area contributed by atoms with Crippen LogP contribution in [0.1, 0.15) is 42.2 Å². The standard InChI is InChI=1S/C18H23N3O.2ClH/c1-12-9-10-14-6-5-7-15(17(14)20-12)18(22)21-11-4-3-8-16(21)13(2)19;;/h5-7,9-10,13,16H,3-4,8,11,19H2,1-2H3;2*1H. The van der Waals surface area contributed by atoms with Crippen molar-refractivity contribution in [2.45, 2.75) is 45.2 Å². The fourth-order valence-corrected chi connectivity index (χ4v) is 3.33. The van der Waals surface area contributed by atoms with E-state index in [-0.39, 0.29) is 42.8 Å². The van der Waals surface area contributed by atoms with Crippen LogP contribution >= 0.6 is 24.8 Å². The molecule has 4 nitrogen and oxygen atoms in total. The van der Waals surface area contributed by atoms with Crippen LogP contribution in [0.15, 0.2) is 30.3 Å². The molecule has 3 rings (SSSR count). The van der Waals surface area contributed by atoms with Crippen LogP contribution in [0.25, 0.3) is 10.9 Å². The summed E-state index contributed by atoms with van der Waals surface area (Å²) in [5.41, 5.74) is 8.51. The molecule has 0 radical (unpaired) electrons. The van der Waals surface area contributed by atoms with E-state index in [1.807, 2.05) is 49.1 Å². The van der Waals surface area contributed by atoms with Gasteiger partial charge in [-0.05, 0) is 45.2 Å². The van der Waals surface area contributed by atoms with E-state index in [1.54, 1.807) is 0 Å². The quantitative estimate of drug-likeness (QED) is 0.876. The molecule has 0 aliphatic carbocycles. The number of hydrogen-bond acceptors (Lipinski definition) is 3. The molecule has 2 unspecified atom stereocenters. The molecule has 0 spiro atoms. The molecule has 24 heavy (non-hydrogen) atoms. The summed E-state index contributed by atoms with van der Waals surface area (Å²) in [5.74, 6) is 0.0608. The highest BCUT2D eigenvalue weighted by atomic mass is 35.5. The molecule has 1 aliphatic rings. The van der Waals surface area contributed by atoms with Crippen LogP contribution in [0.3, 0.4) is 0 Å². The van der Waals surface area contributed by atoms with Gasteiger partial charge in [0.1, 0.15) is 0 Å². The second kappa shape index (κ2) is 8.65. The van der Waals surface area contributed by atoms with Crippen molar-refractivity contribution >= 4 is 41.6 Å². The average molecular weight is 370 g/mol. The zero-order chi connectivity index (χ0) is 15.7. The molecule has 1 aromatic heterocycles. The molecule has 1 aliphatic heterocycles. The van der Waals surface area contributed by atoms with Gasteiger partial charge in [0, 0.05) is 29.7 Å². The molecule has 2 heterocycles. The first-order valence-electron chi connectivity index (χ1n) is 8.01. The molecule has 0 saturated carbocycles. The first-order valence-corrected chi connectivity index (χ1v) is 8.01. The number of likely N-dealkylation sites (tertiary alicyclic amines) is 1. The van der Waals surface area contributed by atoms with Crippen LogP contribution in [0, 0.1) is 6.92 Å². The maximum Gasteiger partial charge on any atom is 0.256 e. The third-order valence-corrected chi connectivity index (χ3v) is 4.51. The number of aromatic nitrogens is 1. The summed E-state index contributed by atoms with van der Waals surface area (Å²) in [6, 6.07) is 9.92. The Balaban J connectivity index is 0.00000144. The van der Waals surface area contributed by atoms with Crippen molar-refractivity contribution in [1.82, 2.24) is 9.88 Å². The Morgan fingerprint density at radius 1 is 1.25 bits per heavy atom. The summed E-state index contributed by atoms with van der Waals surface area (Å²) in [6.07, 6.45) is 3.18. The molecule has 2 N–H and O–H groups in total. The predicted molar refractivity (Wildman–Crippen MR) is 103 cm³/mol. The Hall–Kier alpha value is -1.36. The molecule has 6 heteroatoms. The van der Waals surface area contributed by atoms with Crippen molar-refractivity contribution in [3.05, 3.63) is 41.6 Å². The van der Waals surface area contributed by atoms with Gasteiger partial charge in [-0.15, -0.1) is 24.8 Å². The molecule has 1 fully saturated rings. The van der Waals surface area contributed by atoms with E-state index in [0.717, 1.165) is 42.4 Å². The van der Waals surface area contributed by atoms with E-state index in [2.05, 4.69) is 4.98 Å². The summed E-state index contributed by atoms with van der Waals surface area (Å²) in [5, 5.41) is 1.01. The smallest absolute Gasteiger partial charge is 0.256 e. The third-order valence-electron chi connectivity index (χ3n) is 4.51. The minimum absolute atomic E-state index is 0. The summed E-state index contributed by atoms with van der Waals surface area (Å²) in [6.45, 7) is 4.72. The Morgan fingerprint density at radius 2 is 2.00 bits per heavy atom. The van der Waals surface area contributed by atoms with Gasteiger partial charge in [0.25, 0.3) is 5.91 Å². The maximum atomic E-state index is 13.1. The first kappa shape index (κ1) is 20.7. The molecule has 2 atom stereocenters. The summed E-state index contributed by atoms with van der Waals surface area (Å²) in [7, 11) is 0. The lowest BCUT2D eigenvalue weighted by Crippen LogP contribution is -2.51. The Morgan fingerprint density at radius 3 is 2.71 bits per heavy atom. The van der Waals surface area contributed by atoms with Crippen molar-refractivity contribution in [1.29, 1.82) is 0 Å². The summed E-state index contributed by atoms with van der Waals surface area (Å²) in [4.78, 5) is 19.6. The number of benzene rings is 1. The van der Waals surface area contributed by atoms with Crippen LogP contribution in [0.4, 0.5) is 0 Å². The van der Waals surface area contributed by atoms with Crippen LogP contribution in [-0.4, -0.2) is 34.4 Å². The third kappa shape index (κ3) is 4.00. The largest absolute Gasteiger partial charge is 0.334 e. The molecule has 132 valence electrons. The fraction of sp³-hybridized carbons (Fsp3) is 0.444. The minimum atomic E-state index is -0.00563. The SMILES string of the molecule is Cc1ccc2cccc(C(=O)N3CCCCC3C(C)N)c2n1.Cl.Cl. The Kier molecular flexibility index (Phi) is 7.46. The number of aryl methyl sites for hydroxylation is 1. The Bertz CT molecular complexity index is 706. The molecule has 1 saturated heterocycles. The number of hydrogen-bond donors (Lipinski definition) is 1. The van der Waals surface area contributed by atoms with Crippen molar-refractivity contribution in [3.63, 3.8) is 0 Å². The van der Waals surface area contributed by atoms with E-state index in [9.17, 15) is 4.79 Å². The van der Waals surface area contributed by atoms with Crippen molar-refractivity contribution in [3.8, 4) is 0 Å². The number of fused-ring (bicyclic) bond motifs is 1. The molecule has 1 aromatic carbocycles. The molecule has 0 bridgehead atoms. The van der Waals surface area contributed by atoms with E-state index in [0.29, 0.717) is 5.56 Å². The lowest BCUT2D eigenvalue weighted by molar-refractivity contribution is 0.0585. The summed E-state index contributed by atoms with van der Waals surface area (Å²) >= 11 is 0. The second-order valence-corrected chi connectivity index (χ2v) is 6.25.